The molecule has 7 heteroatoms. The monoisotopic (exact) mass is 516 g/mol. The molecule has 6 rings (SSSR count). The molecular weight excluding hydrogens is 488 g/mol. The van der Waals surface area contributed by atoms with E-state index >= 15 is 0 Å². The number of carbonyl (C=O) groups is 1. The highest BCUT2D eigenvalue weighted by molar-refractivity contribution is 7.15. The van der Waals surface area contributed by atoms with Crippen LogP contribution in [-0.4, -0.2) is 40.5 Å². The number of hydrogen-bond donors (Lipinski definition) is 1. The number of carbonyl (C=O) groups excluding carboxylic acids is 1. The standard InChI is InChI=1S/C29H29ClN4OS/c1-32-17-14-23-24-18-34(29(35)31-15-13-20-6-3-2-4-7-20)27(21-9-11-22(30)12-10-21)25-8-5-16-33(25)28(24)36-26(23)19-32/h2-12,16,27H,13-15,17-19H2,1H3,(H,31,35)/t27-/m1/s1. The van der Waals surface area contributed by atoms with Crippen LogP contribution in [0.25, 0.3) is 5.00 Å². The molecule has 0 aliphatic carbocycles. The number of amides is 2. The van der Waals surface area contributed by atoms with Gasteiger partial charge >= 0.3 is 6.03 Å². The van der Waals surface area contributed by atoms with Crippen LogP contribution >= 0.6 is 22.9 Å². The number of fused-ring (bicyclic) bond motifs is 5. The first-order chi connectivity index (χ1) is 17.6. The number of rotatable bonds is 4. The van der Waals surface area contributed by atoms with Crippen molar-refractivity contribution in [2.75, 3.05) is 20.1 Å². The van der Waals surface area contributed by atoms with Crippen LogP contribution in [0.5, 0.6) is 0 Å². The summed E-state index contributed by atoms with van der Waals surface area (Å²) in [6, 6.07) is 22.2. The summed E-state index contributed by atoms with van der Waals surface area (Å²) in [5, 5.41) is 5.16. The Morgan fingerprint density at radius 3 is 2.64 bits per heavy atom. The number of thiophene rings is 1. The molecule has 0 saturated carbocycles. The maximum atomic E-state index is 13.8. The van der Waals surface area contributed by atoms with E-state index in [-0.39, 0.29) is 12.1 Å². The van der Waals surface area contributed by atoms with Gasteiger partial charge in [-0.2, -0.15) is 0 Å². The summed E-state index contributed by atoms with van der Waals surface area (Å²) in [6.45, 7) is 3.18. The normalized spacial score (nSPS) is 17.2. The molecule has 1 atom stereocenters. The van der Waals surface area contributed by atoms with Crippen molar-refractivity contribution in [1.82, 2.24) is 19.7 Å². The number of aromatic nitrogens is 1. The maximum Gasteiger partial charge on any atom is 0.318 e. The number of urea groups is 1. The Morgan fingerprint density at radius 2 is 1.83 bits per heavy atom. The predicted octanol–water partition coefficient (Wildman–Crippen LogP) is 6.04. The number of hydrogen-bond acceptors (Lipinski definition) is 3. The van der Waals surface area contributed by atoms with Crippen LogP contribution in [0.3, 0.4) is 0 Å². The van der Waals surface area contributed by atoms with Crippen molar-refractivity contribution in [3.63, 3.8) is 0 Å². The lowest BCUT2D eigenvalue weighted by Crippen LogP contribution is -2.42. The van der Waals surface area contributed by atoms with Crippen LogP contribution in [0, 0.1) is 0 Å². The molecule has 1 N–H and O–H groups in total. The fraction of sp³-hybridized carbons (Fsp3) is 0.276. The first-order valence-corrected chi connectivity index (χ1v) is 13.6. The van der Waals surface area contributed by atoms with Gasteiger partial charge in [0.2, 0.25) is 0 Å². The summed E-state index contributed by atoms with van der Waals surface area (Å²) in [4.78, 5) is 19.7. The third-order valence-corrected chi connectivity index (χ3v) is 8.74. The Labute approximate surface area is 220 Å². The lowest BCUT2D eigenvalue weighted by molar-refractivity contribution is 0.180. The van der Waals surface area contributed by atoms with Gasteiger partial charge in [-0.1, -0.05) is 54.1 Å². The third kappa shape index (κ3) is 4.34. The van der Waals surface area contributed by atoms with Crippen molar-refractivity contribution >= 4 is 29.0 Å². The molecule has 0 radical (unpaired) electrons. The third-order valence-electron chi connectivity index (χ3n) is 7.23. The van der Waals surface area contributed by atoms with Gasteiger partial charge in [-0.25, -0.2) is 4.79 Å². The molecule has 2 aromatic heterocycles. The zero-order chi connectivity index (χ0) is 24.6. The fourth-order valence-electron chi connectivity index (χ4n) is 5.41. The van der Waals surface area contributed by atoms with Crippen LogP contribution in [0.15, 0.2) is 72.9 Å². The molecule has 0 bridgehead atoms. The second kappa shape index (κ2) is 9.77. The number of nitrogens with one attached hydrogen (secondary N) is 1. The predicted molar refractivity (Wildman–Crippen MR) is 146 cm³/mol. The largest absolute Gasteiger partial charge is 0.338 e. The van der Waals surface area contributed by atoms with Crippen molar-refractivity contribution in [3.8, 4) is 5.00 Å². The summed E-state index contributed by atoms with van der Waals surface area (Å²) in [7, 11) is 2.18. The van der Waals surface area contributed by atoms with E-state index in [2.05, 4.69) is 52.3 Å². The van der Waals surface area contributed by atoms with Crippen molar-refractivity contribution in [1.29, 1.82) is 0 Å². The molecule has 2 aliphatic heterocycles. The van der Waals surface area contributed by atoms with Gasteiger partial charge in [0.1, 0.15) is 5.00 Å². The summed E-state index contributed by atoms with van der Waals surface area (Å²) in [5.41, 5.74) is 6.08. The van der Waals surface area contributed by atoms with Crippen molar-refractivity contribution in [3.05, 3.63) is 111 Å². The van der Waals surface area contributed by atoms with E-state index < -0.39 is 0 Å². The molecule has 0 saturated heterocycles. The van der Waals surface area contributed by atoms with Crippen LogP contribution in [0.1, 0.15) is 38.9 Å². The molecule has 2 amide bonds. The van der Waals surface area contributed by atoms with Crippen LogP contribution in [0.2, 0.25) is 5.02 Å². The molecule has 0 unspecified atom stereocenters. The van der Waals surface area contributed by atoms with Crippen molar-refractivity contribution < 1.29 is 4.79 Å². The summed E-state index contributed by atoms with van der Waals surface area (Å²) in [6.07, 6.45) is 3.96. The average Bonchev–Trinajstić information content (AvgIpc) is 3.47. The van der Waals surface area contributed by atoms with Gasteiger partial charge in [-0.15, -0.1) is 11.3 Å². The Morgan fingerprint density at radius 1 is 1.03 bits per heavy atom. The van der Waals surface area contributed by atoms with Gasteiger partial charge in [0.05, 0.1) is 18.3 Å². The second-order valence-electron chi connectivity index (χ2n) is 9.63. The van der Waals surface area contributed by atoms with E-state index in [0.717, 1.165) is 37.2 Å². The first kappa shape index (κ1) is 23.3. The van der Waals surface area contributed by atoms with E-state index in [1.807, 2.05) is 58.7 Å². The highest BCUT2D eigenvalue weighted by atomic mass is 35.5. The number of halogens is 1. The number of nitrogens with zero attached hydrogens (tertiary/aromatic N) is 3. The molecule has 2 aliphatic rings. The van der Waals surface area contributed by atoms with Crippen molar-refractivity contribution in [2.24, 2.45) is 0 Å². The van der Waals surface area contributed by atoms with Crippen molar-refractivity contribution in [2.45, 2.75) is 32.0 Å². The smallest absolute Gasteiger partial charge is 0.318 e. The van der Waals surface area contributed by atoms with Gasteiger partial charge in [0.25, 0.3) is 0 Å². The zero-order valence-corrected chi connectivity index (χ0v) is 21.9. The first-order valence-electron chi connectivity index (χ1n) is 12.4. The topological polar surface area (TPSA) is 40.5 Å². The molecule has 184 valence electrons. The van der Waals surface area contributed by atoms with Gasteiger partial charge in [0.15, 0.2) is 0 Å². The lowest BCUT2D eigenvalue weighted by Gasteiger charge is -2.32. The van der Waals surface area contributed by atoms with E-state index in [1.165, 1.54) is 26.6 Å². The molecule has 2 aromatic carbocycles. The molecule has 36 heavy (non-hydrogen) atoms. The lowest BCUT2D eigenvalue weighted by atomic mass is 10.0. The quantitative estimate of drug-likeness (QED) is 0.359. The Kier molecular flexibility index (Phi) is 6.34. The average molecular weight is 517 g/mol. The summed E-state index contributed by atoms with van der Waals surface area (Å²) >= 11 is 8.11. The maximum absolute atomic E-state index is 13.8. The molecule has 4 heterocycles. The Bertz CT molecular complexity index is 1380. The van der Waals surface area contributed by atoms with Crippen LogP contribution in [0.4, 0.5) is 4.79 Å². The molecular formula is C29H29ClN4OS. The minimum absolute atomic E-state index is 0.0423. The van der Waals surface area contributed by atoms with Crippen LogP contribution < -0.4 is 5.32 Å². The minimum Gasteiger partial charge on any atom is -0.338 e. The van der Waals surface area contributed by atoms with Gasteiger partial charge in [-0.05, 0) is 60.8 Å². The van der Waals surface area contributed by atoms with Crippen LogP contribution in [-0.2, 0) is 25.9 Å². The molecule has 5 nitrogen and oxygen atoms in total. The fourth-order valence-corrected chi connectivity index (χ4v) is 6.98. The van der Waals surface area contributed by atoms with Gasteiger partial charge < -0.3 is 19.7 Å². The molecule has 4 aromatic rings. The highest BCUT2D eigenvalue weighted by Crippen LogP contribution is 2.43. The van der Waals surface area contributed by atoms with Gasteiger partial charge in [0, 0.05) is 41.3 Å². The van der Waals surface area contributed by atoms with E-state index in [4.69, 9.17) is 11.6 Å². The number of likely N-dealkylation sites (N-methyl/N-ethyl adjacent to an activating group) is 1. The Balaban J connectivity index is 1.39. The van der Waals surface area contributed by atoms with E-state index in [1.54, 1.807) is 0 Å². The Hall–Kier alpha value is -3.06. The summed E-state index contributed by atoms with van der Waals surface area (Å²) < 4.78 is 2.30. The van der Waals surface area contributed by atoms with E-state index in [9.17, 15) is 4.79 Å². The van der Waals surface area contributed by atoms with Gasteiger partial charge in [-0.3, -0.25) is 0 Å². The SMILES string of the molecule is CN1CCc2c(sc3c2CN(C(=O)NCCc2ccccc2)[C@H](c2ccc(Cl)cc2)c2cccn2-3)C1. The second-order valence-corrected chi connectivity index (χ2v) is 11.1. The molecule has 0 spiro atoms. The summed E-state index contributed by atoms with van der Waals surface area (Å²) in [5.74, 6) is 0. The highest BCUT2D eigenvalue weighted by Gasteiger charge is 2.36. The molecule has 0 fully saturated rings. The van der Waals surface area contributed by atoms with E-state index in [0.29, 0.717) is 18.1 Å². The zero-order valence-electron chi connectivity index (χ0n) is 20.3. The minimum atomic E-state index is -0.212. The number of benzene rings is 2.